The SMILES string of the molecule is CN=C(NCC1CCCCN1CC(C)C)NC(C)CCS(C)(=O)=O.I. The summed E-state index contributed by atoms with van der Waals surface area (Å²) >= 11 is 0. The van der Waals surface area contributed by atoms with E-state index in [9.17, 15) is 8.42 Å². The number of likely N-dealkylation sites (tertiary alicyclic amines) is 1. The second kappa shape index (κ2) is 12.3. The Morgan fingerprint density at radius 1 is 1.28 bits per heavy atom. The number of rotatable bonds is 8. The van der Waals surface area contributed by atoms with Crippen molar-refractivity contribution in [2.45, 2.75) is 58.5 Å². The summed E-state index contributed by atoms with van der Waals surface area (Å²) < 4.78 is 22.5. The molecule has 1 saturated heterocycles. The number of aliphatic imine (C=N–C) groups is 1. The highest BCUT2D eigenvalue weighted by Gasteiger charge is 2.23. The zero-order chi connectivity index (χ0) is 18.2. The topological polar surface area (TPSA) is 73.8 Å². The first-order valence-corrected chi connectivity index (χ1v) is 11.2. The molecule has 0 bridgehead atoms. The number of halogens is 1. The Labute approximate surface area is 171 Å². The lowest BCUT2D eigenvalue weighted by Crippen LogP contribution is -2.51. The van der Waals surface area contributed by atoms with Gasteiger partial charge in [0.05, 0.1) is 5.75 Å². The van der Waals surface area contributed by atoms with Gasteiger partial charge in [0, 0.05) is 38.5 Å². The van der Waals surface area contributed by atoms with Crippen LogP contribution in [-0.4, -0.2) is 70.1 Å². The number of hydrogen-bond donors (Lipinski definition) is 2. The molecule has 0 amide bonds. The summed E-state index contributed by atoms with van der Waals surface area (Å²) in [4.78, 5) is 6.85. The van der Waals surface area contributed by atoms with Crippen LogP contribution in [0.2, 0.25) is 0 Å². The number of nitrogens with one attached hydrogen (secondary N) is 2. The summed E-state index contributed by atoms with van der Waals surface area (Å²) in [5.74, 6) is 1.63. The minimum Gasteiger partial charge on any atom is -0.355 e. The van der Waals surface area contributed by atoms with Gasteiger partial charge in [-0.3, -0.25) is 9.89 Å². The molecule has 2 N–H and O–H groups in total. The van der Waals surface area contributed by atoms with Gasteiger partial charge in [0.1, 0.15) is 9.84 Å². The van der Waals surface area contributed by atoms with Crippen LogP contribution in [0.4, 0.5) is 0 Å². The van der Waals surface area contributed by atoms with Crippen molar-refractivity contribution in [3.8, 4) is 0 Å². The van der Waals surface area contributed by atoms with Crippen LogP contribution < -0.4 is 10.6 Å². The van der Waals surface area contributed by atoms with Gasteiger partial charge in [-0.25, -0.2) is 8.42 Å². The molecule has 1 fully saturated rings. The smallest absolute Gasteiger partial charge is 0.191 e. The Kier molecular flexibility index (Phi) is 12.3. The first kappa shape index (κ1) is 24.9. The van der Waals surface area contributed by atoms with Crippen molar-refractivity contribution < 1.29 is 8.42 Å². The van der Waals surface area contributed by atoms with Gasteiger partial charge in [0.15, 0.2) is 5.96 Å². The summed E-state index contributed by atoms with van der Waals surface area (Å²) in [5.41, 5.74) is 0. The maximum absolute atomic E-state index is 11.3. The van der Waals surface area contributed by atoms with Crippen molar-refractivity contribution in [2.75, 3.05) is 38.7 Å². The largest absolute Gasteiger partial charge is 0.355 e. The van der Waals surface area contributed by atoms with E-state index >= 15 is 0 Å². The fourth-order valence-corrected chi connectivity index (χ4v) is 3.89. The molecule has 0 spiro atoms. The van der Waals surface area contributed by atoms with Crippen molar-refractivity contribution in [3.05, 3.63) is 0 Å². The van der Waals surface area contributed by atoms with Crippen molar-refractivity contribution in [3.63, 3.8) is 0 Å². The van der Waals surface area contributed by atoms with E-state index in [1.165, 1.54) is 32.1 Å². The Morgan fingerprint density at radius 2 is 1.96 bits per heavy atom. The molecular formula is C17H37IN4O2S. The van der Waals surface area contributed by atoms with Gasteiger partial charge in [0.2, 0.25) is 0 Å². The van der Waals surface area contributed by atoms with E-state index in [-0.39, 0.29) is 35.8 Å². The Morgan fingerprint density at radius 3 is 2.52 bits per heavy atom. The average molecular weight is 488 g/mol. The minimum atomic E-state index is -2.92. The van der Waals surface area contributed by atoms with Gasteiger partial charge in [-0.1, -0.05) is 20.3 Å². The minimum absolute atomic E-state index is 0. The van der Waals surface area contributed by atoms with Crippen LogP contribution >= 0.6 is 24.0 Å². The van der Waals surface area contributed by atoms with E-state index in [2.05, 4.69) is 34.4 Å². The second-order valence-corrected chi connectivity index (χ2v) is 9.72. The van der Waals surface area contributed by atoms with Gasteiger partial charge in [-0.15, -0.1) is 24.0 Å². The molecule has 150 valence electrons. The summed E-state index contributed by atoms with van der Waals surface area (Å²) in [6, 6.07) is 0.620. The predicted molar refractivity (Wildman–Crippen MR) is 118 cm³/mol. The van der Waals surface area contributed by atoms with Crippen LogP contribution in [0.25, 0.3) is 0 Å². The number of sulfone groups is 1. The Balaban J connectivity index is 0.00000576. The van der Waals surface area contributed by atoms with Gasteiger partial charge < -0.3 is 10.6 Å². The van der Waals surface area contributed by atoms with E-state index in [0.717, 1.165) is 19.0 Å². The lowest BCUT2D eigenvalue weighted by Gasteiger charge is -2.37. The highest BCUT2D eigenvalue weighted by Crippen LogP contribution is 2.17. The quantitative estimate of drug-likeness (QED) is 0.311. The van der Waals surface area contributed by atoms with Crippen molar-refractivity contribution >= 4 is 39.8 Å². The summed E-state index contributed by atoms with van der Waals surface area (Å²) in [6.07, 6.45) is 5.67. The van der Waals surface area contributed by atoms with Gasteiger partial charge >= 0.3 is 0 Å². The van der Waals surface area contributed by atoms with E-state index in [4.69, 9.17) is 0 Å². The highest BCUT2D eigenvalue weighted by molar-refractivity contribution is 14.0. The zero-order valence-electron chi connectivity index (χ0n) is 16.4. The molecule has 6 nitrogen and oxygen atoms in total. The predicted octanol–water partition coefficient (Wildman–Crippen LogP) is 2.10. The summed E-state index contributed by atoms with van der Waals surface area (Å²) in [5, 5.41) is 6.71. The van der Waals surface area contributed by atoms with Crippen molar-refractivity contribution in [1.29, 1.82) is 0 Å². The second-order valence-electron chi connectivity index (χ2n) is 7.46. The molecule has 1 aliphatic heterocycles. The van der Waals surface area contributed by atoms with E-state index in [1.807, 2.05) is 6.92 Å². The van der Waals surface area contributed by atoms with Gasteiger partial charge in [-0.2, -0.15) is 0 Å². The van der Waals surface area contributed by atoms with Crippen LogP contribution in [0.1, 0.15) is 46.5 Å². The third-order valence-corrected chi connectivity index (χ3v) is 5.36. The zero-order valence-corrected chi connectivity index (χ0v) is 19.6. The third kappa shape index (κ3) is 11.3. The molecule has 0 aromatic carbocycles. The van der Waals surface area contributed by atoms with Crippen LogP contribution in [0, 0.1) is 5.92 Å². The van der Waals surface area contributed by atoms with Gasteiger partial charge in [-0.05, 0) is 38.6 Å². The lowest BCUT2D eigenvalue weighted by molar-refractivity contribution is 0.133. The summed E-state index contributed by atoms with van der Waals surface area (Å²) in [7, 11) is -1.16. The Bertz CT molecular complexity index is 497. The highest BCUT2D eigenvalue weighted by atomic mass is 127. The van der Waals surface area contributed by atoms with Crippen LogP contribution in [-0.2, 0) is 9.84 Å². The molecular weight excluding hydrogens is 451 g/mol. The maximum Gasteiger partial charge on any atom is 0.191 e. The molecule has 1 rings (SSSR count). The molecule has 0 aliphatic carbocycles. The van der Waals surface area contributed by atoms with Crippen LogP contribution in [0.15, 0.2) is 4.99 Å². The fraction of sp³-hybridized carbons (Fsp3) is 0.941. The van der Waals surface area contributed by atoms with Crippen LogP contribution in [0.5, 0.6) is 0 Å². The molecule has 0 radical (unpaired) electrons. The molecule has 2 atom stereocenters. The fourth-order valence-electron chi connectivity index (χ4n) is 3.11. The molecule has 1 heterocycles. The molecule has 1 aliphatic rings. The van der Waals surface area contributed by atoms with E-state index < -0.39 is 9.84 Å². The van der Waals surface area contributed by atoms with Crippen molar-refractivity contribution in [2.24, 2.45) is 10.9 Å². The first-order chi connectivity index (χ1) is 11.2. The first-order valence-electron chi connectivity index (χ1n) is 9.10. The van der Waals surface area contributed by atoms with E-state index in [0.29, 0.717) is 18.4 Å². The average Bonchev–Trinajstić information content (AvgIpc) is 2.49. The lowest BCUT2D eigenvalue weighted by atomic mass is 10.0. The number of nitrogens with zero attached hydrogens (tertiary/aromatic N) is 2. The number of hydrogen-bond acceptors (Lipinski definition) is 4. The number of guanidine groups is 1. The molecule has 0 aromatic rings. The number of piperidine rings is 1. The molecule has 25 heavy (non-hydrogen) atoms. The monoisotopic (exact) mass is 488 g/mol. The maximum atomic E-state index is 11.3. The Hall–Kier alpha value is -0.0900. The van der Waals surface area contributed by atoms with Gasteiger partial charge in [0.25, 0.3) is 0 Å². The normalized spacial score (nSPS) is 20.9. The van der Waals surface area contributed by atoms with Crippen LogP contribution in [0.3, 0.4) is 0 Å². The molecule has 0 aromatic heterocycles. The summed E-state index contributed by atoms with van der Waals surface area (Å²) in [6.45, 7) is 9.73. The molecule has 0 saturated carbocycles. The standard InChI is InChI=1S/C17H36N4O2S.HI/c1-14(2)13-21-10-7-6-8-16(21)12-19-17(18-4)20-15(3)9-11-24(5,22)23;/h14-16H,6-13H2,1-5H3,(H2,18,19,20);1H. The molecule has 2 unspecified atom stereocenters. The van der Waals surface area contributed by atoms with Crippen molar-refractivity contribution in [1.82, 2.24) is 15.5 Å². The third-order valence-electron chi connectivity index (χ3n) is 4.38. The van der Waals surface area contributed by atoms with E-state index in [1.54, 1.807) is 7.05 Å². The molecule has 8 heteroatoms.